The highest BCUT2D eigenvalue weighted by Gasteiger charge is 2.33. The zero-order chi connectivity index (χ0) is 23.6. The van der Waals surface area contributed by atoms with Crippen LogP contribution < -0.4 is 10.6 Å². The first-order valence-electron chi connectivity index (χ1n) is 10.1. The predicted molar refractivity (Wildman–Crippen MR) is 120 cm³/mol. The normalized spacial score (nSPS) is 15.6. The molecule has 1 atom stereocenters. The van der Waals surface area contributed by atoms with Crippen molar-refractivity contribution in [3.8, 4) is 5.82 Å². The molecule has 0 radical (unpaired) electrons. The molecule has 1 aromatic carbocycles. The van der Waals surface area contributed by atoms with Crippen LogP contribution in [0.5, 0.6) is 0 Å². The quantitative estimate of drug-likeness (QED) is 0.507. The van der Waals surface area contributed by atoms with E-state index in [-0.39, 0.29) is 37.3 Å². The lowest BCUT2D eigenvalue weighted by molar-refractivity contribution is -0.140. The number of nitrogens with zero attached hydrogens (tertiary/aromatic N) is 4. The number of hydrogen-bond donors (Lipinski definition) is 2. The first kappa shape index (κ1) is 25.4. The van der Waals surface area contributed by atoms with Crippen LogP contribution >= 0.6 is 13.5 Å². The second kappa shape index (κ2) is 10.4. The number of hydrogen-bond acceptors (Lipinski definition) is 6. The van der Waals surface area contributed by atoms with Gasteiger partial charge in [0.15, 0.2) is 0 Å². The second-order valence-electron chi connectivity index (χ2n) is 7.57. The molecule has 3 heterocycles. The van der Waals surface area contributed by atoms with E-state index in [0.717, 1.165) is 24.1 Å². The summed E-state index contributed by atoms with van der Waals surface area (Å²) < 4.78 is 58.6. The Labute approximate surface area is 199 Å². The number of carbonyl (C=O) groups excluding carboxylic acids is 1. The topological polar surface area (TPSA) is 94.0 Å². The Balaban J connectivity index is 0.00000324. The van der Waals surface area contributed by atoms with E-state index < -0.39 is 23.5 Å². The molecule has 0 spiro atoms. The molecule has 8 nitrogen and oxygen atoms in total. The van der Waals surface area contributed by atoms with E-state index in [0.29, 0.717) is 31.0 Å². The number of anilines is 1. The van der Waals surface area contributed by atoms with E-state index in [1.54, 1.807) is 10.8 Å². The molecule has 1 aliphatic rings. The average molecular weight is 499 g/mol. The van der Waals surface area contributed by atoms with Gasteiger partial charge in [-0.1, -0.05) is 6.07 Å². The summed E-state index contributed by atoms with van der Waals surface area (Å²) in [5, 5.41) is 5.72. The summed E-state index contributed by atoms with van der Waals surface area (Å²) in [6.45, 7) is 2.90. The SMILES string of the molecule is Cc1cnc(NC2CCOC2)nc1-n1cnc(C(=O)NCc2ccc(C(F)(F)F)c(F)c2)c1.S. The van der Waals surface area contributed by atoms with Crippen molar-refractivity contribution in [2.45, 2.75) is 32.1 Å². The molecule has 13 heteroatoms. The number of ether oxygens (including phenoxy) is 1. The molecular formula is C21H22F4N6O2S. The van der Waals surface area contributed by atoms with E-state index in [2.05, 4.69) is 25.6 Å². The highest BCUT2D eigenvalue weighted by atomic mass is 32.1. The van der Waals surface area contributed by atoms with Gasteiger partial charge >= 0.3 is 6.18 Å². The number of benzene rings is 1. The van der Waals surface area contributed by atoms with Gasteiger partial charge in [0, 0.05) is 31.1 Å². The average Bonchev–Trinajstić information content (AvgIpc) is 3.45. The van der Waals surface area contributed by atoms with E-state index in [4.69, 9.17) is 4.74 Å². The van der Waals surface area contributed by atoms with Crippen molar-refractivity contribution >= 4 is 25.4 Å². The zero-order valence-corrected chi connectivity index (χ0v) is 19.0. The number of aryl methyl sites for hydroxylation is 1. The first-order chi connectivity index (χ1) is 15.7. The largest absolute Gasteiger partial charge is 0.419 e. The maximum Gasteiger partial charge on any atom is 0.419 e. The summed E-state index contributed by atoms with van der Waals surface area (Å²) in [7, 11) is 0. The molecular weight excluding hydrogens is 476 g/mol. The Kier molecular flexibility index (Phi) is 7.77. The third-order valence-electron chi connectivity index (χ3n) is 5.06. The summed E-state index contributed by atoms with van der Waals surface area (Å²) in [5.74, 6) is -1.01. The number of aromatic nitrogens is 4. The van der Waals surface area contributed by atoms with Gasteiger partial charge in [-0.2, -0.15) is 31.7 Å². The van der Waals surface area contributed by atoms with Crippen molar-refractivity contribution in [1.29, 1.82) is 0 Å². The maximum atomic E-state index is 13.7. The van der Waals surface area contributed by atoms with Crippen LogP contribution in [0.2, 0.25) is 0 Å². The van der Waals surface area contributed by atoms with Gasteiger partial charge in [0.2, 0.25) is 5.95 Å². The van der Waals surface area contributed by atoms with Gasteiger partial charge < -0.3 is 15.4 Å². The third-order valence-corrected chi connectivity index (χ3v) is 5.06. The number of halogens is 4. The predicted octanol–water partition coefficient (Wildman–Crippen LogP) is 3.37. The van der Waals surface area contributed by atoms with Crippen LogP contribution in [0, 0.1) is 12.7 Å². The molecule has 4 rings (SSSR count). The van der Waals surface area contributed by atoms with Gasteiger partial charge in [0.1, 0.15) is 23.7 Å². The minimum Gasteiger partial charge on any atom is -0.379 e. The van der Waals surface area contributed by atoms with Crippen molar-refractivity contribution in [3.05, 3.63) is 65.1 Å². The van der Waals surface area contributed by atoms with Crippen molar-refractivity contribution in [1.82, 2.24) is 24.8 Å². The lowest BCUT2D eigenvalue weighted by Crippen LogP contribution is -2.23. The highest BCUT2D eigenvalue weighted by Crippen LogP contribution is 2.31. The van der Waals surface area contributed by atoms with Gasteiger partial charge in [-0.05, 0) is 31.0 Å². The number of alkyl halides is 3. The molecule has 1 amide bonds. The molecule has 34 heavy (non-hydrogen) atoms. The molecule has 0 bridgehead atoms. The van der Waals surface area contributed by atoms with Crippen molar-refractivity contribution < 1.29 is 27.1 Å². The molecule has 0 saturated carbocycles. The number of amides is 1. The van der Waals surface area contributed by atoms with E-state index in [9.17, 15) is 22.4 Å². The van der Waals surface area contributed by atoms with Crippen molar-refractivity contribution in [2.24, 2.45) is 0 Å². The Bertz CT molecular complexity index is 1160. The molecule has 0 aliphatic carbocycles. The molecule has 3 aromatic rings. The Hall–Kier alpha value is -3.19. The van der Waals surface area contributed by atoms with Crippen LogP contribution in [0.25, 0.3) is 5.82 Å². The molecule has 182 valence electrons. The molecule has 2 aromatic heterocycles. The van der Waals surface area contributed by atoms with Gasteiger partial charge in [0.25, 0.3) is 5.91 Å². The van der Waals surface area contributed by atoms with Gasteiger partial charge in [-0.15, -0.1) is 0 Å². The summed E-state index contributed by atoms with van der Waals surface area (Å²) in [4.78, 5) is 25.3. The smallest absolute Gasteiger partial charge is 0.379 e. The highest BCUT2D eigenvalue weighted by molar-refractivity contribution is 7.59. The fraction of sp³-hybridized carbons (Fsp3) is 0.333. The van der Waals surface area contributed by atoms with Gasteiger partial charge in [-0.3, -0.25) is 9.36 Å². The summed E-state index contributed by atoms with van der Waals surface area (Å²) in [6.07, 6.45) is 0.618. The van der Waals surface area contributed by atoms with Gasteiger partial charge in [0.05, 0.1) is 18.2 Å². The monoisotopic (exact) mass is 498 g/mol. The molecule has 2 N–H and O–H groups in total. The van der Waals surface area contributed by atoms with Crippen LogP contribution in [0.15, 0.2) is 36.9 Å². The number of imidazole rings is 1. The van der Waals surface area contributed by atoms with E-state index >= 15 is 0 Å². The fourth-order valence-corrected chi connectivity index (χ4v) is 3.32. The van der Waals surface area contributed by atoms with Crippen LogP contribution in [-0.4, -0.2) is 44.7 Å². The fourth-order valence-electron chi connectivity index (χ4n) is 3.32. The molecule has 1 unspecified atom stereocenters. The van der Waals surface area contributed by atoms with Crippen molar-refractivity contribution in [3.63, 3.8) is 0 Å². The van der Waals surface area contributed by atoms with E-state index in [1.807, 2.05) is 6.92 Å². The Morgan fingerprint density at radius 3 is 2.76 bits per heavy atom. The van der Waals surface area contributed by atoms with E-state index in [1.165, 1.54) is 12.5 Å². The van der Waals surface area contributed by atoms with Crippen LogP contribution in [0.3, 0.4) is 0 Å². The maximum absolute atomic E-state index is 13.7. The number of rotatable bonds is 6. The summed E-state index contributed by atoms with van der Waals surface area (Å²) in [5.41, 5.74) is -0.343. The summed E-state index contributed by atoms with van der Waals surface area (Å²) in [6, 6.07) is 2.63. The third kappa shape index (κ3) is 5.83. The zero-order valence-electron chi connectivity index (χ0n) is 18.0. The lowest BCUT2D eigenvalue weighted by atomic mass is 10.1. The molecule has 1 aliphatic heterocycles. The molecule has 1 saturated heterocycles. The number of nitrogens with one attached hydrogen (secondary N) is 2. The van der Waals surface area contributed by atoms with Crippen LogP contribution in [0.1, 0.15) is 33.6 Å². The standard InChI is InChI=1S/C21H20F4N6O2.H2S/c1-12-7-27-20(29-14-4-5-33-10-14)30-18(12)31-9-17(28-11-31)19(32)26-8-13-2-3-15(16(22)6-13)21(23,24)25;/h2-3,6-7,9,11,14H,4-5,8,10H2,1H3,(H,26,32)(H,27,29,30);1H2. The first-order valence-corrected chi connectivity index (χ1v) is 10.1. The van der Waals surface area contributed by atoms with Gasteiger partial charge in [-0.25, -0.2) is 14.4 Å². The number of carbonyl (C=O) groups is 1. The second-order valence-corrected chi connectivity index (χ2v) is 7.57. The Morgan fingerprint density at radius 1 is 1.29 bits per heavy atom. The van der Waals surface area contributed by atoms with Crippen molar-refractivity contribution in [2.75, 3.05) is 18.5 Å². The lowest BCUT2D eigenvalue weighted by Gasteiger charge is -2.12. The minimum atomic E-state index is -4.78. The van der Waals surface area contributed by atoms with Crippen LogP contribution in [0.4, 0.5) is 23.5 Å². The minimum absolute atomic E-state index is 0. The van der Waals surface area contributed by atoms with Crippen LogP contribution in [-0.2, 0) is 17.5 Å². The summed E-state index contributed by atoms with van der Waals surface area (Å²) >= 11 is 0. The Morgan fingerprint density at radius 2 is 2.09 bits per heavy atom. The molecule has 1 fully saturated rings.